The van der Waals surface area contributed by atoms with E-state index >= 15 is 0 Å². The van der Waals surface area contributed by atoms with Gasteiger partial charge in [0.15, 0.2) is 5.69 Å². The van der Waals surface area contributed by atoms with Crippen LogP contribution in [0.15, 0.2) is 28.7 Å². The average Bonchev–Trinajstić information content (AvgIpc) is 2.95. The van der Waals surface area contributed by atoms with Crippen LogP contribution in [0.25, 0.3) is 0 Å². The molecule has 0 radical (unpaired) electrons. The molecule has 0 atom stereocenters. The highest BCUT2D eigenvalue weighted by Gasteiger charge is 2.21. The van der Waals surface area contributed by atoms with Crippen molar-refractivity contribution in [2.24, 2.45) is 0 Å². The summed E-state index contributed by atoms with van der Waals surface area (Å²) in [6.07, 6.45) is 0.877. The number of amides is 1. The summed E-state index contributed by atoms with van der Waals surface area (Å²) in [6, 6.07) is 7.60. The lowest BCUT2D eigenvalue weighted by Crippen LogP contribution is -2.31. The van der Waals surface area contributed by atoms with E-state index in [-0.39, 0.29) is 18.3 Å². The third kappa shape index (κ3) is 4.46. The Bertz CT molecular complexity index is 677. The minimum absolute atomic E-state index is 0. The topological polar surface area (TPSA) is 79.0 Å². The molecule has 1 aliphatic heterocycles. The molecular weight excluding hydrogens is 384 g/mol. The molecule has 0 aliphatic carbocycles. The molecule has 2 aromatic rings. The van der Waals surface area contributed by atoms with Crippen molar-refractivity contribution in [1.82, 2.24) is 20.8 Å². The fraction of sp³-hybridized carbons (Fsp3) is 0.333. The summed E-state index contributed by atoms with van der Waals surface area (Å²) in [5.74, 6) is 0.601. The summed E-state index contributed by atoms with van der Waals surface area (Å²) in [7, 11) is 0. The van der Waals surface area contributed by atoms with Crippen molar-refractivity contribution in [2.45, 2.75) is 13.0 Å². The van der Waals surface area contributed by atoms with Gasteiger partial charge in [0.05, 0.1) is 6.54 Å². The second-order valence-corrected chi connectivity index (χ2v) is 5.93. The van der Waals surface area contributed by atoms with E-state index in [4.69, 9.17) is 4.74 Å². The maximum Gasteiger partial charge on any atom is 0.272 e. The van der Waals surface area contributed by atoms with Gasteiger partial charge in [0.25, 0.3) is 5.91 Å². The molecule has 1 amide bonds. The van der Waals surface area contributed by atoms with Crippen LogP contribution < -0.4 is 15.4 Å². The number of hydrogen-bond donors (Lipinski definition) is 3. The smallest absolute Gasteiger partial charge is 0.272 e. The van der Waals surface area contributed by atoms with Crippen LogP contribution in [0, 0.1) is 0 Å². The van der Waals surface area contributed by atoms with Crippen molar-refractivity contribution in [3.8, 4) is 5.75 Å². The van der Waals surface area contributed by atoms with Gasteiger partial charge in [-0.05, 0) is 18.2 Å². The number of aromatic amines is 1. The summed E-state index contributed by atoms with van der Waals surface area (Å²) in [5, 5.41) is 13.1. The third-order valence-corrected chi connectivity index (χ3v) is 3.97. The number of ether oxygens (including phenoxy) is 1. The Labute approximate surface area is 148 Å². The Morgan fingerprint density at radius 3 is 3.13 bits per heavy atom. The van der Waals surface area contributed by atoms with E-state index in [1.807, 2.05) is 24.3 Å². The van der Waals surface area contributed by atoms with Crippen molar-refractivity contribution in [3.05, 3.63) is 45.7 Å². The molecule has 2 heterocycles. The fourth-order valence-electron chi connectivity index (χ4n) is 2.39. The lowest BCUT2D eigenvalue weighted by Gasteiger charge is -2.13. The van der Waals surface area contributed by atoms with Gasteiger partial charge in [-0.25, -0.2) is 0 Å². The Morgan fingerprint density at radius 2 is 2.30 bits per heavy atom. The average molecular weight is 402 g/mol. The summed E-state index contributed by atoms with van der Waals surface area (Å²) in [5.41, 5.74) is 2.50. The molecule has 23 heavy (non-hydrogen) atoms. The van der Waals surface area contributed by atoms with E-state index in [1.165, 1.54) is 0 Å². The number of rotatable bonds is 5. The van der Waals surface area contributed by atoms with Gasteiger partial charge >= 0.3 is 0 Å². The van der Waals surface area contributed by atoms with E-state index in [1.54, 1.807) is 0 Å². The number of fused-ring (bicyclic) bond motifs is 1. The maximum absolute atomic E-state index is 12.2. The molecule has 1 aliphatic rings. The molecule has 0 fully saturated rings. The first-order chi connectivity index (χ1) is 10.7. The summed E-state index contributed by atoms with van der Waals surface area (Å²) in [6.45, 7) is 2.44. The number of halogens is 2. The van der Waals surface area contributed by atoms with Gasteiger partial charge < -0.3 is 15.4 Å². The first-order valence-electron chi connectivity index (χ1n) is 7.17. The second kappa shape index (κ2) is 8.33. The van der Waals surface area contributed by atoms with Gasteiger partial charge in [-0.3, -0.25) is 9.89 Å². The van der Waals surface area contributed by atoms with Crippen LogP contribution in [0.4, 0.5) is 0 Å². The number of nitrogens with one attached hydrogen (secondary N) is 3. The number of carbonyl (C=O) groups excluding carboxylic acids is 1. The monoisotopic (exact) mass is 400 g/mol. The number of H-pyrrole nitrogens is 1. The number of nitrogens with zero attached hydrogens (tertiary/aromatic N) is 1. The second-order valence-electron chi connectivity index (χ2n) is 5.02. The number of hydrogen-bond acceptors (Lipinski definition) is 4. The zero-order valence-corrected chi connectivity index (χ0v) is 14.8. The highest BCUT2D eigenvalue weighted by atomic mass is 79.9. The number of aromatic nitrogens is 2. The zero-order valence-electron chi connectivity index (χ0n) is 12.4. The molecule has 0 spiro atoms. The first kappa shape index (κ1) is 17.8. The van der Waals surface area contributed by atoms with Crippen LogP contribution in [0.1, 0.15) is 21.7 Å². The third-order valence-electron chi connectivity index (χ3n) is 3.47. The van der Waals surface area contributed by atoms with Crippen molar-refractivity contribution < 1.29 is 9.53 Å². The summed E-state index contributed by atoms with van der Waals surface area (Å²) in [4.78, 5) is 12.2. The van der Waals surface area contributed by atoms with Crippen molar-refractivity contribution in [2.75, 3.05) is 19.7 Å². The molecule has 0 saturated heterocycles. The predicted octanol–water partition coefficient (Wildman–Crippen LogP) is 2.05. The molecule has 1 aromatic heterocycles. The van der Waals surface area contributed by atoms with Crippen molar-refractivity contribution >= 4 is 34.2 Å². The first-order valence-corrected chi connectivity index (χ1v) is 7.97. The minimum atomic E-state index is -0.168. The van der Waals surface area contributed by atoms with Gasteiger partial charge in [-0.1, -0.05) is 22.0 Å². The Kier molecular flexibility index (Phi) is 6.44. The fourth-order valence-corrected chi connectivity index (χ4v) is 2.77. The van der Waals surface area contributed by atoms with E-state index < -0.39 is 0 Å². The molecule has 0 unspecified atom stereocenters. The van der Waals surface area contributed by atoms with Crippen molar-refractivity contribution in [1.29, 1.82) is 0 Å². The van der Waals surface area contributed by atoms with E-state index in [9.17, 15) is 4.79 Å². The zero-order chi connectivity index (χ0) is 15.4. The molecule has 3 rings (SSSR count). The molecule has 6 nitrogen and oxygen atoms in total. The summed E-state index contributed by atoms with van der Waals surface area (Å²) >= 11 is 3.39. The molecule has 1 aromatic carbocycles. The van der Waals surface area contributed by atoms with E-state index in [2.05, 4.69) is 36.8 Å². The molecule has 124 valence electrons. The Hall–Kier alpha value is -1.57. The normalized spacial score (nSPS) is 12.9. The lowest BCUT2D eigenvalue weighted by atomic mass is 10.1. The SMILES string of the molecule is Cl.O=C(NCCOc1cccc(Br)c1)c1n[nH]c2c1CNCC2. The van der Waals surface area contributed by atoms with Crippen LogP contribution >= 0.6 is 28.3 Å². The van der Waals surface area contributed by atoms with Gasteiger partial charge in [-0.2, -0.15) is 5.10 Å². The molecule has 0 saturated carbocycles. The molecule has 3 N–H and O–H groups in total. The van der Waals surface area contributed by atoms with Crippen LogP contribution in [-0.4, -0.2) is 35.8 Å². The molecule has 0 bridgehead atoms. The lowest BCUT2D eigenvalue weighted by molar-refractivity contribution is 0.0941. The van der Waals surface area contributed by atoms with E-state index in [0.717, 1.165) is 34.4 Å². The summed E-state index contributed by atoms with van der Waals surface area (Å²) < 4.78 is 6.54. The van der Waals surface area contributed by atoms with Gasteiger partial charge in [-0.15, -0.1) is 12.4 Å². The standard InChI is InChI=1S/C15H17BrN4O2.ClH/c16-10-2-1-3-11(8-10)22-7-6-18-15(21)14-12-9-17-5-4-13(12)19-20-14;/h1-3,8,17H,4-7,9H2,(H,18,21)(H,19,20);1H. The van der Waals surface area contributed by atoms with Crippen LogP contribution in [0.3, 0.4) is 0 Å². The quantitative estimate of drug-likeness (QED) is 0.670. The Morgan fingerprint density at radius 1 is 1.43 bits per heavy atom. The van der Waals surface area contributed by atoms with Gasteiger partial charge in [0.2, 0.25) is 0 Å². The number of carbonyl (C=O) groups is 1. The predicted molar refractivity (Wildman–Crippen MR) is 93.2 cm³/mol. The molecule has 8 heteroatoms. The van der Waals surface area contributed by atoms with E-state index in [0.29, 0.717) is 25.4 Å². The van der Waals surface area contributed by atoms with Crippen LogP contribution in [0.5, 0.6) is 5.75 Å². The van der Waals surface area contributed by atoms with Crippen LogP contribution in [0.2, 0.25) is 0 Å². The minimum Gasteiger partial charge on any atom is -0.492 e. The Balaban J connectivity index is 0.00000192. The van der Waals surface area contributed by atoms with Crippen molar-refractivity contribution in [3.63, 3.8) is 0 Å². The highest BCUT2D eigenvalue weighted by molar-refractivity contribution is 9.10. The largest absolute Gasteiger partial charge is 0.492 e. The highest BCUT2D eigenvalue weighted by Crippen LogP contribution is 2.17. The van der Waals surface area contributed by atoms with Crippen LogP contribution in [-0.2, 0) is 13.0 Å². The van der Waals surface area contributed by atoms with Gasteiger partial charge in [0.1, 0.15) is 12.4 Å². The van der Waals surface area contributed by atoms with Gasteiger partial charge in [0, 0.05) is 35.2 Å². The molecular formula is C15H18BrClN4O2. The number of benzene rings is 1. The maximum atomic E-state index is 12.2.